The quantitative estimate of drug-likeness (QED) is 0.336. The average Bonchev–Trinajstić information content (AvgIpc) is 2.63. The van der Waals surface area contributed by atoms with Crippen molar-refractivity contribution in [2.45, 2.75) is 32.2 Å². The first kappa shape index (κ1) is 24.4. The van der Waals surface area contributed by atoms with E-state index in [1.165, 1.54) is 6.07 Å². The van der Waals surface area contributed by atoms with E-state index >= 15 is 0 Å². The van der Waals surface area contributed by atoms with Crippen molar-refractivity contribution in [3.63, 3.8) is 0 Å². The van der Waals surface area contributed by atoms with E-state index in [0.29, 0.717) is 42.6 Å². The molecule has 2 N–H and O–H groups in total. The molecule has 1 aromatic carbocycles. The summed E-state index contributed by atoms with van der Waals surface area (Å²) in [5.74, 6) is 0.438. The first-order valence-electron chi connectivity index (χ1n) is 8.75. The van der Waals surface area contributed by atoms with E-state index in [1.54, 1.807) is 30.4 Å². The molecule has 0 saturated carbocycles. The second-order valence-corrected chi connectivity index (χ2v) is 8.83. The molecule has 0 bridgehead atoms. The molecule has 27 heavy (non-hydrogen) atoms. The number of aliphatic imine (C=N–C) groups is 1. The maximum Gasteiger partial charge on any atom is 0.213 e. The van der Waals surface area contributed by atoms with Gasteiger partial charge in [0.15, 0.2) is 5.96 Å². The van der Waals surface area contributed by atoms with Gasteiger partial charge in [0, 0.05) is 43.3 Å². The van der Waals surface area contributed by atoms with Gasteiger partial charge in [-0.15, -0.1) is 24.0 Å². The first-order valence-corrected chi connectivity index (χ1v) is 10.7. The Morgan fingerprint density at radius 2 is 2.04 bits per heavy atom. The minimum atomic E-state index is -3.12. The van der Waals surface area contributed by atoms with Gasteiger partial charge in [-0.1, -0.05) is 17.7 Å². The molecule has 0 atom stereocenters. The Morgan fingerprint density at radius 1 is 1.37 bits per heavy atom. The van der Waals surface area contributed by atoms with Crippen molar-refractivity contribution in [1.82, 2.24) is 14.9 Å². The topological polar surface area (TPSA) is 73.8 Å². The van der Waals surface area contributed by atoms with Gasteiger partial charge in [-0.05, 0) is 38.3 Å². The molecule has 1 aliphatic heterocycles. The summed E-state index contributed by atoms with van der Waals surface area (Å²) in [4.78, 5) is 4.18. The normalized spacial score (nSPS) is 16.7. The molecule has 1 heterocycles. The highest BCUT2D eigenvalue weighted by Gasteiger charge is 2.26. The third-order valence-electron chi connectivity index (χ3n) is 4.51. The van der Waals surface area contributed by atoms with Crippen molar-refractivity contribution in [2.24, 2.45) is 4.99 Å². The number of rotatable bonds is 6. The van der Waals surface area contributed by atoms with Crippen molar-refractivity contribution in [3.8, 4) is 0 Å². The van der Waals surface area contributed by atoms with Crippen molar-refractivity contribution >= 4 is 51.6 Å². The van der Waals surface area contributed by atoms with E-state index in [0.717, 1.165) is 12.8 Å². The number of sulfonamides is 1. The molecule has 10 heteroatoms. The molecule has 0 amide bonds. The Kier molecular flexibility index (Phi) is 10.3. The molecule has 1 aromatic rings. The predicted molar refractivity (Wildman–Crippen MR) is 119 cm³/mol. The summed E-state index contributed by atoms with van der Waals surface area (Å²) in [5.41, 5.74) is 0.482. The van der Waals surface area contributed by atoms with E-state index in [2.05, 4.69) is 15.6 Å². The molecule has 0 aromatic heterocycles. The Balaban J connectivity index is 0.00000364. The van der Waals surface area contributed by atoms with Crippen LogP contribution in [0.1, 0.15) is 25.3 Å². The van der Waals surface area contributed by atoms with Gasteiger partial charge >= 0.3 is 0 Å². The second kappa shape index (κ2) is 11.4. The third kappa shape index (κ3) is 7.03. The van der Waals surface area contributed by atoms with Crippen molar-refractivity contribution in [3.05, 3.63) is 34.6 Å². The van der Waals surface area contributed by atoms with Crippen molar-refractivity contribution < 1.29 is 12.8 Å². The largest absolute Gasteiger partial charge is 0.356 e. The van der Waals surface area contributed by atoms with Crippen LogP contribution in [0.15, 0.2) is 23.2 Å². The lowest BCUT2D eigenvalue weighted by Gasteiger charge is -2.32. The summed E-state index contributed by atoms with van der Waals surface area (Å²) < 4.78 is 39.1. The van der Waals surface area contributed by atoms with Crippen molar-refractivity contribution in [2.75, 3.05) is 32.4 Å². The maximum absolute atomic E-state index is 13.8. The molecule has 154 valence electrons. The third-order valence-corrected chi connectivity index (χ3v) is 6.74. The van der Waals surface area contributed by atoms with E-state index < -0.39 is 10.0 Å². The minimum absolute atomic E-state index is 0. The van der Waals surface area contributed by atoms with E-state index in [1.807, 2.05) is 0 Å². The fourth-order valence-electron chi connectivity index (χ4n) is 2.93. The van der Waals surface area contributed by atoms with Gasteiger partial charge in [0.1, 0.15) is 5.82 Å². The van der Waals surface area contributed by atoms with E-state index in [-0.39, 0.29) is 41.6 Å². The molecule has 6 nitrogen and oxygen atoms in total. The van der Waals surface area contributed by atoms with Gasteiger partial charge in [0.05, 0.1) is 5.75 Å². The lowest BCUT2D eigenvalue weighted by Crippen LogP contribution is -2.50. The fourth-order valence-corrected chi connectivity index (χ4v) is 4.32. The van der Waals surface area contributed by atoms with E-state index in [4.69, 9.17) is 11.6 Å². The van der Waals surface area contributed by atoms with Crippen LogP contribution in [0, 0.1) is 5.82 Å². The number of guanidine groups is 1. The van der Waals surface area contributed by atoms with Gasteiger partial charge < -0.3 is 10.6 Å². The van der Waals surface area contributed by atoms with Crippen molar-refractivity contribution in [1.29, 1.82) is 0 Å². The smallest absolute Gasteiger partial charge is 0.213 e. The first-order chi connectivity index (χ1) is 12.4. The number of benzene rings is 1. The van der Waals surface area contributed by atoms with Crippen LogP contribution in [0.5, 0.6) is 0 Å². The lowest BCUT2D eigenvalue weighted by atomic mass is 10.1. The number of nitrogens with one attached hydrogen (secondary N) is 2. The molecule has 1 saturated heterocycles. The molecule has 0 radical (unpaired) electrons. The van der Waals surface area contributed by atoms with Crippen LogP contribution in [-0.4, -0.2) is 57.2 Å². The van der Waals surface area contributed by atoms with Crippen LogP contribution in [-0.2, 0) is 16.4 Å². The summed E-state index contributed by atoms with van der Waals surface area (Å²) in [5, 5.41) is 6.87. The highest BCUT2D eigenvalue weighted by atomic mass is 127. The number of hydrogen-bond donors (Lipinski definition) is 2. The van der Waals surface area contributed by atoms with Crippen LogP contribution in [0.3, 0.4) is 0 Å². The molecule has 0 aliphatic carbocycles. The zero-order valence-electron chi connectivity index (χ0n) is 15.5. The summed E-state index contributed by atoms with van der Waals surface area (Å²) in [7, 11) is -1.45. The minimum Gasteiger partial charge on any atom is -0.356 e. The van der Waals surface area contributed by atoms with Crippen LogP contribution < -0.4 is 10.6 Å². The van der Waals surface area contributed by atoms with Gasteiger partial charge in [0.25, 0.3) is 0 Å². The Hall–Kier alpha value is -0.650. The Bertz CT molecular complexity index is 720. The lowest BCUT2D eigenvalue weighted by molar-refractivity contribution is 0.306. The molecule has 2 rings (SSSR count). The highest BCUT2D eigenvalue weighted by Crippen LogP contribution is 2.19. The predicted octanol–water partition coefficient (Wildman–Crippen LogP) is 2.62. The summed E-state index contributed by atoms with van der Waals surface area (Å²) in [6, 6.07) is 4.80. The van der Waals surface area contributed by atoms with Crippen LogP contribution in [0.25, 0.3) is 0 Å². The Morgan fingerprint density at radius 3 is 2.59 bits per heavy atom. The zero-order chi connectivity index (χ0) is 19.2. The summed E-state index contributed by atoms with van der Waals surface area (Å²) >= 11 is 6.03. The Labute approximate surface area is 183 Å². The van der Waals surface area contributed by atoms with E-state index in [9.17, 15) is 12.8 Å². The number of halogens is 3. The SMILES string of the molecule is CCS(=O)(=O)N1CCC(NC(=NC)NCCc2c(F)cccc2Cl)CC1.I. The van der Waals surface area contributed by atoms with Crippen LogP contribution >= 0.6 is 35.6 Å². The molecular formula is C17H27ClFIN4O2S. The summed E-state index contributed by atoms with van der Waals surface area (Å²) in [6.07, 6.45) is 1.89. The molecule has 0 spiro atoms. The molecule has 1 fully saturated rings. The molecule has 0 unspecified atom stereocenters. The van der Waals surface area contributed by atoms with Gasteiger partial charge in [-0.3, -0.25) is 4.99 Å². The maximum atomic E-state index is 13.8. The number of piperidine rings is 1. The highest BCUT2D eigenvalue weighted by molar-refractivity contribution is 14.0. The van der Waals surface area contributed by atoms with Gasteiger partial charge in [-0.25, -0.2) is 17.1 Å². The standard InChI is InChI=1S/C17H26ClFN4O2S.HI/c1-3-26(24,25)23-11-8-13(9-12-23)22-17(20-2)21-10-7-14-15(18)5-4-6-16(14)19;/h4-6,13H,3,7-12H2,1-2H3,(H2,20,21,22);1H. The van der Waals surface area contributed by atoms with Gasteiger partial charge in [-0.2, -0.15) is 0 Å². The molecule has 1 aliphatic rings. The van der Waals surface area contributed by atoms with Gasteiger partial charge in [0.2, 0.25) is 10.0 Å². The van der Waals surface area contributed by atoms with Crippen LogP contribution in [0.4, 0.5) is 4.39 Å². The fraction of sp³-hybridized carbons (Fsp3) is 0.588. The monoisotopic (exact) mass is 532 g/mol. The number of hydrogen-bond acceptors (Lipinski definition) is 3. The summed E-state index contributed by atoms with van der Waals surface area (Å²) in [6.45, 7) is 3.17. The average molecular weight is 533 g/mol. The molecular weight excluding hydrogens is 506 g/mol. The van der Waals surface area contributed by atoms with Crippen LogP contribution in [0.2, 0.25) is 5.02 Å². The second-order valence-electron chi connectivity index (χ2n) is 6.17. The zero-order valence-corrected chi connectivity index (χ0v) is 19.4. The number of nitrogens with zero attached hydrogens (tertiary/aromatic N) is 2.